The highest BCUT2D eigenvalue weighted by Gasteiger charge is 2.59. The second-order valence-corrected chi connectivity index (χ2v) is 9.64. The van der Waals surface area contributed by atoms with Gasteiger partial charge in [0.25, 0.3) is 0 Å². The number of ether oxygens (including phenoxy) is 1. The molecule has 0 radical (unpaired) electrons. The Kier molecular flexibility index (Phi) is 5.00. The molecule has 4 nitrogen and oxygen atoms in total. The monoisotopic (exact) mass is 362 g/mol. The Balaban J connectivity index is 2.01. The van der Waals surface area contributed by atoms with E-state index in [2.05, 4.69) is 26.8 Å². The number of carboxylic acid groups (broad SMARTS) is 1. The van der Waals surface area contributed by atoms with E-state index in [1.807, 2.05) is 6.92 Å². The van der Waals surface area contributed by atoms with Crippen LogP contribution < -0.4 is 0 Å². The lowest BCUT2D eigenvalue weighted by atomic mass is 9.45. The third kappa shape index (κ3) is 2.90. The summed E-state index contributed by atoms with van der Waals surface area (Å²) in [6, 6.07) is 0. The Morgan fingerprint density at radius 3 is 2.50 bits per heavy atom. The Hall–Kier alpha value is -1.32. The zero-order valence-electron chi connectivity index (χ0n) is 16.9. The van der Waals surface area contributed by atoms with Gasteiger partial charge >= 0.3 is 11.9 Å². The number of hydrogen-bond acceptors (Lipinski definition) is 3. The Morgan fingerprint density at radius 1 is 1.23 bits per heavy atom. The van der Waals surface area contributed by atoms with Crippen molar-refractivity contribution in [3.05, 3.63) is 11.6 Å². The maximum atomic E-state index is 12.1. The van der Waals surface area contributed by atoms with E-state index in [1.54, 1.807) is 0 Å². The number of rotatable bonds is 3. The number of allylic oxidation sites excluding steroid dienone is 1. The molecule has 0 aromatic carbocycles. The molecule has 0 spiro atoms. The van der Waals surface area contributed by atoms with Crippen LogP contribution in [0.2, 0.25) is 0 Å². The minimum Gasteiger partial charge on any atom is -0.481 e. The molecule has 0 aromatic rings. The molecule has 0 heterocycles. The molecule has 2 fully saturated rings. The average molecular weight is 363 g/mol. The first-order chi connectivity index (χ1) is 12.1. The van der Waals surface area contributed by atoms with Crippen LogP contribution in [0, 0.1) is 34.5 Å². The zero-order chi connectivity index (χ0) is 19.3. The normalized spacial score (nSPS) is 42.5. The average Bonchev–Trinajstić information content (AvgIpc) is 2.54. The van der Waals surface area contributed by atoms with Crippen LogP contribution in [0.25, 0.3) is 0 Å². The summed E-state index contributed by atoms with van der Waals surface area (Å²) < 4.78 is 5.84. The van der Waals surface area contributed by atoms with Gasteiger partial charge in [-0.1, -0.05) is 33.3 Å². The maximum Gasteiger partial charge on any atom is 0.309 e. The van der Waals surface area contributed by atoms with Gasteiger partial charge in [0.1, 0.15) is 6.10 Å². The zero-order valence-corrected chi connectivity index (χ0v) is 16.9. The fourth-order valence-corrected chi connectivity index (χ4v) is 6.48. The van der Waals surface area contributed by atoms with Gasteiger partial charge in [-0.15, -0.1) is 0 Å². The summed E-state index contributed by atoms with van der Waals surface area (Å²) in [5.74, 6) is 0.438. The van der Waals surface area contributed by atoms with E-state index < -0.39 is 11.4 Å². The topological polar surface area (TPSA) is 63.6 Å². The van der Waals surface area contributed by atoms with Gasteiger partial charge in [-0.2, -0.15) is 0 Å². The number of fused-ring (bicyclic) bond motifs is 3. The third-order valence-electron chi connectivity index (χ3n) is 7.91. The number of aliphatic carboxylic acids is 1. The number of carbonyl (C=O) groups is 2. The molecule has 0 amide bonds. The molecule has 0 saturated heterocycles. The highest BCUT2D eigenvalue weighted by molar-refractivity contribution is 5.75. The lowest BCUT2D eigenvalue weighted by Gasteiger charge is -2.59. The third-order valence-corrected chi connectivity index (χ3v) is 7.91. The molecular formula is C22H34O4. The maximum absolute atomic E-state index is 12.1. The molecule has 3 rings (SSSR count). The van der Waals surface area contributed by atoms with Crippen LogP contribution in [0.4, 0.5) is 0 Å². The lowest BCUT2D eigenvalue weighted by Crippen LogP contribution is -2.55. The van der Waals surface area contributed by atoms with Gasteiger partial charge in [-0.25, -0.2) is 0 Å². The van der Waals surface area contributed by atoms with E-state index in [4.69, 9.17) is 4.74 Å². The van der Waals surface area contributed by atoms with Crippen LogP contribution >= 0.6 is 0 Å². The summed E-state index contributed by atoms with van der Waals surface area (Å²) in [7, 11) is 0. The number of esters is 1. The van der Waals surface area contributed by atoms with E-state index in [9.17, 15) is 14.7 Å². The van der Waals surface area contributed by atoms with E-state index in [1.165, 1.54) is 12.5 Å². The van der Waals surface area contributed by atoms with E-state index in [0.29, 0.717) is 17.8 Å². The van der Waals surface area contributed by atoms with Crippen LogP contribution in [-0.2, 0) is 14.3 Å². The van der Waals surface area contributed by atoms with Gasteiger partial charge in [0.15, 0.2) is 0 Å². The Labute approximate surface area is 157 Å². The summed E-state index contributed by atoms with van der Waals surface area (Å²) in [5, 5.41) is 9.94. The van der Waals surface area contributed by atoms with Crippen molar-refractivity contribution < 1.29 is 19.4 Å². The molecule has 146 valence electrons. The fraction of sp³-hybridized carbons (Fsp3) is 0.818. The van der Waals surface area contributed by atoms with Crippen molar-refractivity contribution in [1.82, 2.24) is 0 Å². The predicted octanol–water partition coefficient (Wildman–Crippen LogP) is 4.83. The highest BCUT2D eigenvalue weighted by Crippen LogP contribution is 2.63. The molecule has 2 saturated carbocycles. The van der Waals surface area contributed by atoms with Crippen LogP contribution in [0.1, 0.15) is 73.1 Å². The van der Waals surface area contributed by atoms with Crippen molar-refractivity contribution in [3.8, 4) is 0 Å². The summed E-state index contributed by atoms with van der Waals surface area (Å²) in [6.45, 7) is 10.2. The Bertz CT molecular complexity index is 622. The quantitative estimate of drug-likeness (QED) is 0.577. The SMILES string of the molecule is CC(=O)O[C@@H]1C2=CC[C@H]3[C@](C)(CCC[C@@]3(C)C(=O)O)[C@@H]2CC[C@H]1C(C)C. The minimum absolute atomic E-state index is 0.0180. The van der Waals surface area contributed by atoms with Crippen molar-refractivity contribution in [1.29, 1.82) is 0 Å². The number of carbonyl (C=O) groups excluding carboxylic acids is 1. The van der Waals surface area contributed by atoms with Crippen molar-refractivity contribution in [2.45, 2.75) is 79.2 Å². The smallest absolute Gasteiger partial charge is 0.309 e. The van der Waals surface area contributed by atoms with Gasteiger partial charge in [-0.3, -0.25) is 9.59 Å². The molecule has 0 bridgehead atoms. The standard InChI is InChI=1S/C22H34O4/c1-13(2)15-7-9-17-16(19(15)26-14(3)23)8-10-18-21(17,4)11-6-12-22(18,5)20(24)25/h8,13,15,17-19H,6-7,9-12H2,1-5H3,(H,24,25)/t15-,17+,18-,19-,21+,22+/m0/s1. The van der Waals surface area contributed by atoms with Crippen LogP contribution in [0.15, 0.2) is 11.6 Å². The van der Waals surface area contributed by atoms with Crippen LogP contribution in [0.3, 0.4) is 0 Å². The largest absolute Gasteiger partial charge is 0.481 e. The first-order valence-corrected chi connectivity index (χ1v) is 10.2. The van der Waals surface area contributed by atoms with Gasteiger partial charge in [-0.05, 0) is 67.8 Å². The molecule has 0 unspecified atom stereocenters. The fourth-order valence-electron chi connectivity index (χ4n) is 6.48. The highest BCUT2D eigenvalue weighted by atomic mass is 16.5. The Morgan fingerprint density at radius 2 is 1.92 bits per heavy atom. The van der Waals surface area contributed by atoms with E-state index in [0.717, 1.165) is 38.5 Å². The number of hydrogen-bond donors (Lipinski definition) is 1. The summed E-state index contributed by atoms with van der Waals surface area (Å²) in [4.78, 5) is 23.9. The van der Waals surface area contributed by atoms with Gasteiger partial charge in [0.05, 0.1) is 5.41 Å². The molecule has 26 heavy (non-hydrogen) atoms. The molecule has 6 atom stereocenters. The molecule has 3 aliphatic rings. The predicted molar refractivity (Wildman–Crippen MR) is 100 cm³/mol. The second kappa shape index (κ2) is 6.69. The van der Waals surface area contributed by atoms with Crippen LogP contribution in [0.5, 0.6) is 0 Å². The van der Waals surface area contributed by atoms with Crippen LogP contribution in [-0.4, -0.2) is 23.1 Å². The first-order valence-electron chi connectivity index (χ1n) is 10.2. The van der Waals surface area contributed by atoms with Crippen molar-refractivity contribution in [2.24, 2.45) is 34.5 Å². The second-order valence-electron chi connectivity index (χ2n) is 9.64. The van der Waals surface area contributed by atoms with Crippen molar-refractivity contribution >= 4 is 11.9 Å². The molecule has 1 N–H and O–H groups in total. The first kappa shape index (κ1) is 19.4. The lowest BCUT2D eigenvalue weighted by molar-refractivity contribution is -0.165. The molecule has 0 aliphatic heterocycles. The van der Waals surface area contributed by atoms with Crippen molar-refractivity contribution in [3.63, 3.8) is 0 Å². The van der Waals surface area contributed by atoms with Gasteiger partial charge in [0.2, 0.25) is 0 Å². The minimum atomic E-state index is -0.655. The number of carboxylic acids is 1. The summed E-state index contributed by atoms with van der Waals surface area (Å²) >= 11 is 0. The summed E-state index contributed by atoms with van der Waals surface area (Å²) in [6.07, 6.45) is 7.81. The van der Waals surface area contributed by atoms with Crippen molar-refractivity contribution in [2.75, 3.05) is 0 Å². The van der Waals surface area contributed by atoms with E-state index >= 15 is 0 Å². The van der Waals surface area contributed by atoms with Gasteiger partial charge in [0, 0.05) is 12.8 Å². The molecular weight excluding hydrogens is 328 g/mol. The summed E-state index contributed by atoms with van der Waals surface area (Å²) in [5.41, 5.74) is 0.606. The molecule has 3 aliphatic carbocycles. The van der Waals surface area contributed by atoms with Gasteiger partial charge < -0.3 is 9.84 Å². The molecule has 4 heteroatoms. The van der Waals surface area contributed by atoms with E-state index in [-0.39, 0.29) is 23.4 Å². The molecule has 0 aromatic heterocycles.